The van der Waals surface area contributed by atoms with E-state index in [1.807, 2.05) is 17.5 Å². The summed E-state index contributed by atoms with van der Waals surface area (Å²) in [6.45, 7) is 5.18. The third kappa shape index (κ3) is 0.904. The molecule has 0 aliphatic rings. The molecular formula is C6H5S. The topological polar surface area (TPSA) is 0 Å². The van der Waals surface area contributed by atoms with Gasteiger partial charge in [0.05, 0.1) is 0 Å². The number of thiophene rings is 1. The molecule has 0 aromatic carbocycles. The summed E-state index contributed by atoms with van der Waals surface area (Å²) in [6, 6.07) is 3.95. The molecule has 0 fully saturated rings. The van der Waals surface area contributed by atoms with Gasteiger partial charge < -0.3 is 0 Å². The molecule has 0 bridgehead atoms. The summed E-state index contributed by atoms with van der Waals surface area (Å²) in [7, 11) is 0. The van der Waals surface area contributed by atoms with E-state index in [0.29, 0.717) is 0 Å². The standard InChI is InChI=1S/C6H5S/c1-2-6-4-3-5-7-6/h1-5H. The van der Waals surface area contributed by atoms with E-state index in [-0.39, 0.29) is 0 Å². The van der Waals surface area contributed by atoms with Crippen molar-refractivity contribution in [2.75, 3.05) is 0 Å². The third-order valence-electron chi connectivity index (χ3n) is 0.707. The zero-order valence-electron chi connectivity index (χ0n) is 3.79. The second-order valence-electron chi connectivity index (χ2n) is 1.18. The van der Waals surface area contributed by atoms with E-state index in [9.17, 15) is 0 Å². The maximum absolute atomic E-state index is 5.18. The maximum atomic E-state index is 5.18. The molecule has 0 saturated carbocycles. The van der Waals surface area contributed by atoms with Gasteiger partial charge in [0.15, 0.2) is 0 Å². The van der Waals surface area contributed by atoms with E-state index in [0.717, 1.165) is 4.88 Å². The van der Waals surface area contributed by atoms with Crippen LogP contribution in [0, 0.1) is 6.58 Å². The van der Waals surface area contributed by atoms with E-state index in [2.05, 4.69) is 0 Å². The predicted molar refractivity (Wildman–Crippen MR) is 33.1 cm³/mol. The number of hydrogen-bond acceptors (Lipinski definition) is 1. The smallest absolute Gasteiger partial charge is 0.0270 e. The summed E-state index contributed by atoms with van der Waals surface area (Å²) in [5, 5.41) is 2.00. The van der Waals surface area contributed by atoms with Crippen molar-refractivity contribution in [2.24, 2.45) is 0 Å². The molecule has 1 aromatic rings. The molecule has 0 saturated heterocycles. The van der Waals surface area contributed by atoms with Gasteiger partial charge in [0.2, 0.25) is 0 Å². The second kappa shape index (κ2) is 1.94. The minimum atomic E-state index is 1.13. The largest absolute Gasteiger partial charge is 0.144 e. The van der Waals surface area contributed by atoms with Gasteiger partial charge in [-0.2, -0.15) is 0 Å². The van der Waals surface area contributed by atoms with E-state index in [1.54, 1.807) is 17.4 Å². The highest BCUT2D eigenvalue weighted by molar-refractivity contribution is 7.10. The lowest BCUT2D eigenvalue weighted by molar-refractivity contribution is 1.96. The van der Waals surface area contributed by atoms with Crippen LogP contribution in [0.2, 0.25) is 0 Å². The third-order valence-corrected chi connectivity index (χ3v) is 1.54. The highest BCUT2D eigenvalue weighted by Crippen LogP contribution is 2.07. The summed E-state index contributed by atoms with van der Waals surface area (Å²) in [5.74, 6) is 0. The van der Waals surface area contributed by atoms with Gasteiger partial charge >= 0.3 is 0 Å². The van der Waals surface area contributed by atoms with Crippen molar-refractivity contribution in [3.05, 3.63) is 29.0 Å². The van der Waals surface area contributed by atoms with Crippen molar-refractivity contribution in [1.82, 2.24) is 0 Å². The Morgan fingerprint density at radius 3 is 2.86 bits per heavy atom. The molecule has 1 rings (SSSR count). The molecule has 0 unspecified atom stereocenters. The zero-order valence-corrected chi connectivity index (χ0v) is 4.61. The highest BCUT2D eigenvalue weighted by atomic mass is 32.1. The van der Waals surface area contributed by atoms with Crippen LogP contribution >= 0.6 is 11.3 Å². The van der Waals surface area contributed by atoms with Crippen molar-refractivity contribution in [1.29, 1.82) is 0 Å². The van der Waals surface area contributed by atoms with Crippen LogP contribution in [-0.4, -0.2) is 0 Å². The first-order chi connectivity index (χ1) is 3.43. The van der Waals surface area contributed by atoms with Crippen LogP contribution in [0.15, 0.2) is 17.5 Å². The molecule has 0 atom stereocenters. The summed E-state index contributed by atoms with van der Waals surface area (Å²) in [5.41, 5.74) is 0. The fourth-order valence-corrected chi connectivity index (χ4v) is 0.936. The van der Waals surface area contributed by atoms with E-state index in [1.165, 1.54) is 0 Å². The quantitative estimate of drug-likeness (QED) is 0.518. The molecule has 1 radical (unpaired) electrons. The Kier molecular flexibility index (Phi) is 1.27. The fourth-order valence-electron chi connectivity index (χ4n) is 0.386. The molecule has 1 aromatic heterocycles. The average Bonchev–Trinajstić information content (AvgIpc) is 2.14. The van der Waals surface area contributed by atoms with E-state index < -0.39 is 0 Å². The van der Waals surface area contributed by atoms with Crippen molar-refractivity contribution in [2.45, 2.75) is 0 Å². The lowest BCUT2D eigenvalue weighted by atomic mass is 10.5. The van der Waals surface area contributed by atoms with Gasteiger partial charge in [-0.15, -0.1) is 11.3 Å². The lowest BCUT2D eigenvalue weighted by Crippen LogP contribution is -1.46. The monoisotopic (exact) mass is 109 g/mol. The molecule has 1 heterocycles. The van der Waals surface area contributed by atoms with Crippen molar-refractivity contribution >= 4 is 17.4 Å². The van der Waals surface area contributed by atoms with Crippen LogP contribution in [0.1, 0.15) is 4.88 Å². The van der Waals surface area contributed by atoms with Gasteiger partial charge in [-0.25, -0.2) is 0 Å². The van der Waals surface area contributed by atoms with Crippen LogP contribution in [-0.2, 0) is 0 Å². The Bertz CT molecular complexity index is 139. The molecule has 0 N–H and O–H groups in total. The van der Waals surface area contributed by atoms with Gasteiger partial charge in [0.25, 0.3) is 0 Å². The Labute approximate surface area is 47.1 Å². The van der Waals surface area contributed by atoms with E-state index >= 15 is 0 Å². The number of hydrogen-bond donors (Lipinski definition) is 0. The molecule has 0 aliphatic carbocycles. The van der Waals surface area contributed by atoms with Crippen LogP contribution in [0.4, 0.5) is 0 Å². The van der Waals surface area contributed by atoms with Crippen LogP contribution in [0.5, 0.6) is 0 Å². The molecule has 0 amide bonds. The van der Waals surface area contributed by atoms with Crippen LogP contribution < -0.4 is 0 Å². The Balaban J connectivity index is 2.96. The average molecular weight is 109 g/mol. The fraction of sp³-hybridized carbons (Fsp3) is 0. The van der Waals surface area contributed by atoms with Gasteiger partial charge in [-0.1, -0.05) is 12.6 Å². The van der Waals surface area contributed by atoms with E-state index in [4.69, 9.17) is 6.58 Å². The first-order valence-corrected chi connectivity index (χ1v) is 2.90. The van der Waals surface area contributed by atoms with Crippen molar-refractivity contribution in [3.8, 4) is 0 Å². The van der Waals surface area contributed by atoms with Gasteiger partial charge in [0, 0.05) is 4.88 Å². The summed E-state index contributed by atoms with van der Waals surface area (Å²) in [6.07, 6.45) is 1.60. The summed E-state index contributed by atoms with van der Waals surface area (Å²) >= 11 is 1.64. The first kappa shape index (κ1) is 4.60. The van der Waals surface area contributed by atoms with Crippen LogP contribution in [0.25, 0.3) is 6.08 Å². The normalized spacial score (nSPS) is 8.57. The SMILES string of the molecule is [CH]=Cc1cccs1. The zero-order chi connectivity index (χ0) is 5.11. The first-order valence-electron chi connectivity index (χ1n) is 2.02. The molecule has 0 aliphatic heterocycles. The highest BCUT2D eigenvalue weighted by Gasteiger charge is 1.78. The minimum Gasteiger partial charge on any atom is -0.144 e. The van der Waals surface area contributed by atoms with Gasteiger partial charge in [-0.05, 0) is 17.5 Å². The lowest BCUT2D eigenvalue weighted by Gasteiger charge is -1.70. The summed E-state index contributed by atoms with van der Waals surface area (Å²) < 4.78 is 0. The Morgan fingerprint density at radius 2 is 2.57 bits per heavy atom. The molecule has 1 heteroatoms. The molecule has 7 heavy (non-hydrogen) atoms. The predicted octanol–water partition coefficient (Wildman–Crippen LogP) is 2.19. The Hall–Kier alpha value is -0.560. The van der Waals surface area contributed by atoms with Crippen molar-refractivity contribution in [3.63, 3.8) is 0 Å². The van der Waals surface area contributed by atoms with Gasteiger partial charge in [-0.3, -0.25) is 0 Å². The molecule has 0 nitrogen and oxygen atoms in total. The summed E-state index contributed by atoms with van der Waals surface area (Å²) in [4.78, 5) is 1.13. The molecule has 0 spiro atoms. The number of rotatable bonds is 1. The molecular weight excluding hydrogens is 104 g/mol. The van der Waals surface area contributed by atoms with Gasteiger partial charge in [0.1, 0.15) is 0 Å². The van der Waals surface area contributed by atoms with Crippen molar-refractivity contribution < 1.29 is 0 Å². The maximum Gasteiger partial charge on any atom is 0.0270 e. The second-order valence-corrected chi connectivity index (χ2v) is 2.16. The Morgan fingerprint density at radius 1 is 1.71 bits per heavy atom. The molecule has 35 valence electrons. The minimum absolute atomic E-state index is 1.13. The van der Waals surface area contributed by atoms with Crippen LogP contribution in [0.3, 0.4) is 0 Å².